The van der Waals surface area contributed by atoms with Gasteiger partial charge in [-0.3, -0.25) is 4.79 Å². The third-order valence-electron chi connectivity index (χ3n) is 6.71. The molecule has 10 heteroatoms. The Balaban J connectivity index is 1.37. The van der Waals surface area contributed by atoms with Crippen molar-refractivity contribution in [1.82, 2.24) is 0 Å². The molecule has 0 spiro atoms. The monoisotopic (exact) mass is 667 g/mol. The predicted molar refractivity (Wildman–Crippen MR) is 188 cm³/mol. The van der Waals surface area contributed by atoms with Gasteiger partial charge in [-0.1, -0.05) is 37.4 Å². The second-order valence-corrected chi connectivity index (χ2v) is 10.5. The lowest BCUT2D eigenvalue weighted by atomic mass is 10.1. The predicted octanol–water partition coefficient (Wildman–Crippen LogP) is 7.04. The molecule has 3 aromatic carbocycles. The van der Waals surface area contributed by atoms with Gasteiger partial charge < -0.3 is 29.0 Å². The molecule has 0 heterocycles. The molecule has 49 heavy (non-hydrogen) atoms. The molecule has 3 rings (SSSR count). The van der Waals surface area contributed by atoms with Gasteiger partial charge in [0.15, 0.2) is 0 Å². The van der Waals surface area contributed by atoms with E-state index < -0.39 is 17.9 Å². The topological polar surface area (TPSA) is 126 Å². The Labute approximate surface area is 286 Å². The van der Waals surface area contributed by atoms with Gasteiger partial charge in [0.05, 0.1) is 26.4 Å². The second-order valence-electron chi connectivity index (χ2n) is 10.5. The third kappa shape index (κ3) is 15.0. The van der Waals surface area contributed by atoms with Gasteiger partial charge >= 0.3 is 17.9 Å². The average molecular weight is 668 g/mol. The Morgan fingerprint density at radius 1 is 0.612 bits per heavy atom. The van der Waals surface area contributed by atoms with E-state index in [9.17, 15) is 19.2 Å². The number of esters is 3. The zero-order valence-corrected chi connectivity index (χ0v) is 27.6. The van der Waals surface area contributed by atoms with Crippen molar-refractivity contribution in [3.8, 4) is 17.2 Å². The molecule has 0 saturated heterocycles. The maximum Gasteiger partial charge on any atom is 0.336 e. The molecule has 10 nitrogen and oxygen atoms in total. The number of benzene rings is 3. The summed E-state index contributed by atoms with van der Waals surface area (Å²) >= 11 is 0. The van der Waals surface area contributed by atoms with Crippen LogP contribution in [0.2, 0.25) is 0 Å². The van der Waals surface area contributed by atoms with Gasteiger partial charge in [0, 0.05) is 30.0 Å². The summed E-state index contributed by atoms with van der Waals surface area (Å²) < 4.78 is 26.7. The first-order valence-electron chi connectivity index (χ1n) is 15.8. The molecule has 0 unspecified atom stereocenters. The van der Waals surface area contributed by atoms with Gasteiger partial charge in [-0.2, -0.15) is 0 Å². The SMILES string of the molecule is C=CC(=O)OCCCCOc1ccc(/C=C/C(=O)Nc2ccc(OC(=O)/C=C/c3ccc(OCCCCOC(=O)C=C)cc3)cc2C)cc1. The summed E-state index contributed by atoms with van der Waals surface area (Å²) in [4.78, 5) is 47.0. The average Bonchev–Trinajstić information content (AvgIpc) is 3.11. The molecule has 0 aromatic heterocycles. The van der Waals surface area contributed by atoms with Crippen LogP contribution in [0.25, 0.3) is 12.2 Å². The molecule has 0 aliphatic carbocycles. The summed E-state index contributed by atoms with van der Waals surface area (Å²) in [5.41, 5.74) is 2.94. The molecule has 0 aliphatic heterocycles. The summed E-state index contributed by atoms with van der Waals surface area (Å²) in [5.74, 6) is 0.0231. The van der Waals surface area contributed by atoms with Crippen LogP contribution in [0.3, 0.4) is 0 Å². The number of hydrogen-bond donors (Lipinski definition) is 1. The van der Waals surface area contributed by atoms with E-state index in [1.807, 2.05) is 36.4 Å². The minimum atomic E-state index is -0.542. The smallest absolute Gasteiger partial charge is 0.336 e. The summed E-state index contributed by atoms with van der Waals surface area (Å²) in [5, 5.41) is 2.83. The summed E-state index contributed by atoms with van der Waals surface area (Å²) in [7, 11) is 0. The molecule has 1 N–H and O–H groups in total. The highest BCUT2D eigenvalue weighted by molar-refractivity contribution is 6.02. The van der Waals surface area contributed by atoms with Crippen LogP contribution in [0, 0.1) is 6.92 Å². The van der Waals surface area contributed by atoms with Crippen LogP contribution in [0.1, 0.15) is 42.4 Å². The lowest BCUT2D eigenvalue weighted by Gasteiger charge is -2.09. The molecular formula is C39H41NO9. The summed E-state index contributed by atoms with van der Waals surface area (Å²) in [6, 6.07) is 19.5. The number of unbranched alkanes of at least 4 members (excludes halogenated alkanes) is 2. The maximum absolute atomic E-state index is 12.5. The van der Waals surface area contributed by atoms with Crippen molar-refractivity contribution in [2.75, 3.05) is 31.7 Å². The number of carbonyl (C=O) groups is 4. The van der Waals surface area contributed by atoms with E-state index >= 15 is 0 Å². The van der Waals surface area contributed by atoms with Crippen molar-refractivity contribution in [2.45, 2.75) is 32.6 Å². The van der Waals surface area contributed by atoms with Crippen LogP contribution < -0.4 is 19.5 Å². The number of hydrogen-bond acceptors (Lipinski definition) is 9. The molecule has 256 valence electrons. The number of aryl methyl sites for hydroxylation is 1. The van der Waals surface area contributed by atoms with Crippen molar-refractivity contribution >= 4 is 41.7 Å². The fraction of sp³-hybridized carbons (Fsp3) is 0.231. The van der Waals surface area contributed by atoms with E-state index in [4.69, 9.17) is 23.7 Å². The number of carbonyl (C=O) groups excluding carboxylic acids is 4. The van der Waals surface area contributed by atoms with Crippen LogP contribution in [0.15, 0.2) is 104 Å². The maximum atomic E-state index is 12.5. The number of nitrogens with one attached hydrogen (secondary N) is 1. The normalized spacial score (nSPS) is 10.7. The fourth-order valence-corrected chi connectivity index (χ4v) is 4.10. The van der Waals surface area contributed by atoms with Crippen LogP contribution in [-0.4, -0.2) is 50.2 Å². The molecule has 0 bridgehead atoms. The van der Waals surface area contributed by atoms with Crippen molar-refractivity contribution < 1.29 is 42.9 Å². The molecule has 3 aromatic rings. The molecule has 0 saturated carbocycles. The van der Waals surface area contributed by atoms with Gasteiger partial charge in [0.25, 0.3) is 0 Å². The van der Waals surface area contributed by atoms with Crippen LogP contribution in [0.5, 0.6) is 17.2 Å². The Morgan fingerprint density at radius 3 is 1.57 bits per heavy atom. The van der Waals surface area contributed by atoms with Crippen LogP contribution in [0.4, 0.5) is 5.69 Å². The minimum absolute atomic E-state index is 0.309. The lowest BCUT2D eigenvalue weighted by Crippen LogP contribution is -2.09. The molecular weight excluding hydrogens is 626 g/mol. The zero-order chi connectivity index (χ0) is 35.3. The highest BCUT2D eigenvalue weighted by Crippen LogP contribution is 2.22. The van der Waals surface area contributed by atoms with Gasteiger partial charge in [-0.25, -0.2) is 14.4 Å². The third-order valence-corrected chi connectivity index (χ3v) is 6.71. The van der Waals surface area contributed by atoms with Crippen molar-refractivity contribution in [3.05, 3.63) is 121 Å². The van der Waals surface area contributed by atoms with E-state index in [1.165, 1.54) is 12.2 Å². The van der Waals surface area contributed by atoms with E-state index in [0.717, 1.165) is 41.7 Å². The van der Waals surface area contributed by atoms with Gasteiger partial charge in [-0.05, 0) is 104 Å². The summed E-state index contributed by atoms with van der Waals surface area (Å²) in [6.07, 6.45) is 11.2. The molecule has 0 radical (unpaired) electrons. The number of ether oxygens (including phenoxy) is 5. The fourth-order valence-electron chi connectivity index (χ4n) is 4.10. The van der Waals surface area contributed by atoms with Gasteiger partial charge in [0.2, 0.25) is 5.91 Å². The van der Waals surface area contributed by atoms with Crippen molar-refractivity contribution in [2.24, 2.45) is 0 Å². The number of anilines is 1. The first-order chi connectivity index (χ1) is 23.7. The van der Waals surface area contributed by atoms with Crippen LogP contribution in [-0.2, 0) is 28.7 Å². The number of amides is 1. The molecule has 1 amide bonds. The zero-order valence-electron chi connectivity index (χ0n) is 27.6. The Kier molecular flexibility index (Phi) is 16.1. The minimum Gasteiger partial charge on any atom is -0.494 e. The first kappa shape index (κ1) is 37.6. The van der Waals surface area contributed by atoms with E-state index in [0.29, 0.717) is 62.2 Å². The van der Waals surface area contributed by atoms with Gasteiger partial charge in [0.1, 0.15) is 17.2 Å². The Bertz CT molecular complexity index is 1620. The second kappa shape index (κ2) is 21.1. The van der Waals surface area contributed by atoms with E-state index in [2.05, 4.69) is 18.5 Å². The summed E-state index contributed by atoms with van der Waals surface area (Å²) in [6.45, 7) is 10.1. The Hall–Kier alpha value is -5.90. The van der Waals surface area contributed by atoms with Gasteiger partial charge in [-0.15, -0.1) is 0 Å². The van der Waals surface area contributed by atoms with Crippen molar-refractivity contribution in [3.63, 3.8) is 0 Å². The quantitative estimate of drug-likeness (QED) is 0.0584. The van der Waals surface area contributed by atoms with Crippen LogP contribution >= 0.6 is 0 Å². The molecule has 0 aliphatic rings. The largest absolute Gasteiger partial charge is 0.494 e. The van der Waals surface area contributed by atoms with Crippen molar-refractivity contribution in [1.29, 1.82) is 0 Å². The molecule has 0 atom stereocenters. The highest BCUT2D eigenvalue weighted by atomic mass is 16.5. The highest BCUT2D eigenvalue weighted by Gasteiger charge is 2.07. The molecule has 0 fully saturated rings. The van der Waals surface area contributed by atoms with E-state index in [1.54, 1.807) is 49.4 Å². The standard InChI is InChI=1S/C39H41NO9/c1-4-37(42)47-26-8-6-24-45-32-16-10-30(11-17-32)14-22-36(41)40-35-21-20-34(28-29(35)3)49-39(44)23-15-31-12-18-33(19-13-31)46-25-7-9-27-48-38(43)5-2/h4-5,10-23,28H,1-2,6-9,24-27H2,3H3,(H,40,41)/b22-14+,23-15+. The lowest BCUT2D eigenvalue weighted by molar-refractivity contribution is -0.138. The van der Waals surface area contributed by atoms with E-state index in [-0.39, 0.29) is 5.91 Å². The first-order valence-corrected chi connectivity index (χ1v) is 15.8. The Morgan fingerprint density at radius 2 is 1.08 bits per heavy atom. The number of rotatable bonds is 20.